The van der Waals surface area contributed by atoms with Gasteiger partial charge in [-0.1, -0.05) is 43.3 Å². The third-order valence-corrected chi connectivity index (χ3v) is 4.16. The van der Waals surface area contributed by atoms with Gasteiger partial charge in [-0.25, -0.2) is 0 Å². The van der Waals surface area contributed by atoms with Crippen molar-refractivity contribution in [2.45, 2.75) is 38.0 Å². The molecule has 0 N–H and O–H groups in total. The maximum absolute atomic E-state index is 5.90. The van der Waals surface area contributed by atoms with Gasteiger partial charge in [0.2, 0.25) is 0 Å². The van der Waals surface area contributed by atoms with Crippen LogP contribution in [0.25, 0.3) is 10.8 Å². The lowest BCUT2D eigenvalue weighted by molar-refractivity contribution is 0.0639. The summed E-state index contributed by atoms with van der Waals surface area (Å²) in [5.41, 5.74) is 1.24. The first-order valence-corrected chi connectivity index (χ1v) is 7.50. The van der Waals surface area contributed by atoms with Gasteiger partial charge in [-0.3, -0.25) is 0 Å². The number of thiol groups is 1. The van der Waals surface area contributed by atoms with Crippen molar-refractivity contribution in [1.82, 2.24) is 0 Å². The summed E-state index contributed by atoms with van der Waals surface area (Å²) in [5.74, 6) is 0. The minimum atomic E-state index is 0.141. The summed E-state index contributed by atoms with van der Waals surface area (Å²) >= 11 is 4.49. The molecule has 0 aliphatic rings. The number of benzene rings is 2. The zero-order valence-electron chi connectivity index (χ0n) is 11.7. The third kappa shape index (κ3) is 3.99. The van der Waals surface area contributed by atoms with E-state index in [1.54, 1.807) is 0 Å². The number of ether oxygens (including phenoxy) is 1. The van der Waals surface area contributed by atoms with Crippen LogP contribution in [0.5, 0.6) is 0 Å². The highest BCUT2D eigenvalue weighted by Crippen LogP contribution is 2.23. The van der Waals surface area contributed by atoms with Crippen LogP contribution in [0.2, 0.25) is 0 Å². The van der Waals surface area contributed by atoms with Crippen molar-refractivity contribution < 1.29 is 4.74 Å². The summed E-state index contributed by atoms with van der Waals surface area (Å²) in [5, 5.41) is 3.00. The molecule has 2 atom stereocenters. The van der Waals surface area contributed by atoms with E-state index in [0.717, 1.165) is 19.4 Å². The largest absolute Gasteiger partial charge is 0.374 e. The maximum atomic E-state index is 5.90. The molecule has 19 heavy (non-hydrogen) atoms. The van der Waals surface area contributed by atoms with Crippen LogP contribution in [0.15, 0.2) is 42.5 Å². The van der Waals surface area contributed by atoms with Crippen LogP contribution in [0.1, 0.15) is 38.4 Å². The summed E-state index contributed by atoms with van der Waals surface area (Å²) in [6, 6.07) is 15.0. The zero-order chi connectivity index (χ0) is 13.7. The summed E-state index contributed by atoms with van der Waals surface area (Å²) in [6.07, 6.45) is 2.25. The van der Waals surface area contributed by atoms with Gasteiger partial charge in [0.05, 0.1) is 6.10 Å². The van der Waals surface area contributed by atoms with E-state index in [1.807, 2.05) is 0 Å². The standard InChI is InChI=1S/C17H22OS/c1-3-17(19)10-11-18-13(2)15-9-8-14-6-4-5-7-16(14)12-15/h4-9,12-13,17,19H,3,10-11H2,1-2H3. The highest BCUT2D eigenvalue weighted by molar-refractivity contribution is 7.80. The first-order valence-electron chi connectivity index (χ1n) is 6.99. The first-order chi connectivity index (χ1) is 9.20. The molecule has 1 nitrogen and oxygen atoms in total. The van der Waals surface area contributed by atoms with E-state index in [0.29, 0.717) is 5.25 Å². The fourth-order valence-electron chi connectivity index (χ4n) is 2.14. The molecule has 0 aromatic heterocycles. The van der Waals surface area contributed by atoms with Crippen LogP contribution in [0, 0.1) is 0 Å². The van der Waals surface area contributed by atoms with Gasteiger partial charge < -0.3 is 4.74 Å². The second-order valence-electron chi connectivity index (χ2n) is 4.97. The average molecular weight is 274 g/mol. The molecule has 0 aliphatic heterocycles. The predicted molar refractivity (Wildman–Crippen MR) is 86.0 cm³/mol. The molecule has 0 amide bonds. The Morgan fingerprint density at radius 3 is 2.58 bits per heavy atom. The maximum Gasteiger partial charge on any atom is 0.0797 e. The van der Waals surface area contributed by atoms with E-state index in [9.17, 15) is 0 Å². The molecule has 102 valence electrons. The molecule has 0 fully saturated rings. The van der Waals surface area contributed by atoms with E-state index in [-0.39, 0.29) is 6.10 Å². The molecule has 0 saturated carbocycles. The number of hydrogen-bond donors (Lipinski definition) is 1. The second kappa shape index (κ2) is 6.97. The second-order valence-corrected chi connectivity index (χ2v) is 5.70. The number of hydrogen-bond acceptors (Lipinski definition) is 2. The molecule has 2 rings (SSSR count). The minimum absolute atomic E-state index is 0.141. The number of fused-ring (bicyclic) bond motifs is 1. The Balaban J connectivity index is 1.99. The fraction of sp³-hybridized carbons (Fsp3) is 0.412. The summed E-state index contributed by atoms with van der Waals surface area (Å²) in [6.45, 7) is 5.05. The lowest BCUT2D eigenvalue weighted by atomic mass is 10.0. The Morgan fingerprint density at radius 1 is 1.11 bits per heavy atom. The van der Waals surface area contributed by atoms with E-state index < -0.39 is 0 Å². The van der Waals surface area contributed by atoms with Crippen LogP contribution < -0.4 is 0 Å². The molecular formula is C17H22OS. The molecule has 0 saturated heterocycles. The van der Waals surface area contributed by atoms with Crippen LogP contribution in [-0.2, 0) is 4.74 Å². The quantitative estimate of drug-likeness (QED) is 0.728. The van der Waals surface area contributed by atoms with Gasteiger partial charge in [0.1, 0.15) is 0 Å². The molecule has 2 heteroatoms. The monoisotopic (exact) mass is 274 g/mol. The van der Waals surface area contributed by atoms with Gasteiger partial charge in [0, 0.05) is 11.9 Å². The average Bonchev–Trinajstić information content (AvgIpc) is 2.46. The van der Waals surface area contributed by atoms with Gasteiger partial charge in [0.25, 0.3) is 0 Å². The summed E-state index contributed by atoms with van der Waals surface area (Å²) in [4.78, 5) is 0. The Kier molecular flexibility index (Phi) is 5.29. The van der Waals surface area contributed by atoms with E-state index in [1.165, 1.54) is 16.3 Å². The normalized spacial score (nSPS) is 14.5. The highest BCUT2D eigenvalue weighted by Gasteiger charge is 2.07. The molecular weight excluding hydrogens is 252 g/mol. The van der Waals surface area contributed by atoms with Crippen molar-refractivity contribution in [3.05, 3.63) is 48.0 Å². The van der Waals surface area contributed by atoms with E-state index in [2.05, 4.69) is 68.9 Å². The fourth-order valence-corrected chi connectivity index (χ4v) is 2.25. The van der Waals surface area contributed by atoms with Crippen molar-refractivity contribution in [1.29, 1.82) is 0 Å². The molecule has 2 unspecified atom stereocenters. The zero-order valence-corrected chi connectivity index (χ0v) is 12.6. The molecule has 0 spiro atoms. The van der Waals surface area contributed by atoms with Crippen LogP contribution in [0.4, 0.5) is 0 Å². The summed E-state index contributed by atoms with van der Waals surface area (Å²) < 4.78 is 5.90. The van der Waals surface area contributed by atoms with Gasteiger partial charge in [0.15, 0.2) is 0 Å². The molecule has 0 radical (unpaired) electrons. The number of rotatable bonds is 6. The highest BCUT2D eigenvalue weighted by atomic mass is 32.1. The first kappa shape index (κ1) is 14.4. The van der Waals surface area contributed by atoms with Crippen molar-refractivity contribution in [3.63, 3.8) is 0 Å². The summed E-state index contributed by atoms with van der Waals surface area (Å²) in [7, 11) is 0. The minimum Gasteiger partial charge on any atom is -0.374 e. The van der Waals surface area contributed by atoms with Gasteiger partial charge in [-0.2, -0.15) is 12.6 Å². The van der Waals surface area contributed by atoms with E-state index >= 15 is 0 Å². The van der Waals surface area contributed by atoms with Gasteiger partial charge in [-0.05, 0) is 42.2 Å². The van der Waals surface area contributed by atoms with Crippen molar-refractivity contribution >= 4 is 23.4 Å². The molecule has 0 heterocycles. The van der Waals surface area contributed by atoms with Crippen molar-refractivity contribution in [2.75, 3.05) is 6.61 Å². The Morgan fingerprint density at radius 2 is 1.84 bits per heavy atom. The molecule has 2 aromatic carbocycles. The van der Waals surface area contributed by atoms with Crippen LogP contribution >= 0.6 is 12.6 Å². The third-order valence-electron chi connectivity index (χ3n) is 3.53. The van der Waals surface area contributed by atoms with Crippen LogP contribution in [-0.4, -0.2) is 11.9 Å². The Hall–Kier alpha value is -0.990. The molecule has 0 bridgehead atoms. The van der Waals surface area contributed by atoms with Gasteiger partial charge >= 0.3 is 0 Å². The molecule has 2 aromatic rings. The smallest absolute Gasteiger partial charge is 0.0797 e. The lowest BCUT2D eigenvalue weighted by Crippen LogP contribution is -2.06. The van der Waals surface area contributed by atoms with Crippen molar-refractivity contribution in [3.8, 4) is 0 Å². The van der Waals surface area contributed by atoms with E-state index in [4.69, 9.17) is 4.74 Å². The predicted octanol–water partition coefficient (Wildman–Crippen LogP) is 5.02. The van der Waals surface area contributed by atoms with Gasteiger partial charge in [-0.15, -0.1) is 0 Å². The molecule has 0 aliphatic carbocycles. The Bertz CT molecular complexity index is 523. The topological polar surface area (TPSA) is 9.23 Å². The van der Waals surface area contributed by atoms with Crippen LogP contribution in [0.3, 0.4) is 0 Å². The SMILES string of the molecule is CCC(S)CCOC(C)c1ccc2ccccc2c1. The van der Waals surface area contributed by atoms with Crippen molar-refractivity contribution in [2.24, 2.45) is 0 Å². The Labute approximate surface area is 121 Å². The lowest BCUT2D eigenvalue weighted by Gasteiger charge is -2.15.